The molecule has 2 N–H and O–H groups in total. The minimum Gasteiger partial charge on any atom is -0.508 e. The van der Waals surface area contributed by atoms with Crippen LogP contribution in [0.15, 0.2) is 41.4 Å². The lowest BCUT2D eigenvalue weighted by molar-refractivity contribution is -0.113. The van der Waals surface area contributed by atoms with E-state index in [-0.39, 0.29) is 11.7 Å². The summed E-state index contributed by atoms with van der Waals surface area (Å²) in [5, 5.41) is 16.5. The van der Waals surface area contributed by atoms with Crippen LogP contribution in [-0.2, 0) is 4.79 Å². The van der Waals surface area contributed by atoms with Gasteiger partial charge >= 0.3 is 0 Å². The summed E-state index contributed by atoms with van der Waals surface area (Å²) in [4.78, 5) is 13.1. The predicted molar refractivity (Wildman–Crippen MR) is 87.2 cm³/mol. The standard InChI is InChI=1S/C16H19N3O2S/c20-13-5-7-14(8-6-13)22-11-16(21)18-15-9-10-17-19(15)12-3-1-2-4-12/h5-10,12,20H,1-4,11H2,(H,18,21). The Bertz CT molecular complexity index is 633. The van der Waals surface area contributed by atoms with Crippen molar-refractivity contribution in [3.63, 3.8) is 0 Å². The van der Waals surface area contributed by atoms with Crippen molar-refractivity contribution in [1.29, 1.82) is 0 Å². The Kier molecular flexibility index (Phi) is 4.68. The molecule has 1 aliphatic rings. The number of hydrogen-bond donors (Lipinski definition) is 2. The van der Waals surface area contributed by atoms with Gasteiger partial charge in [0.25, 0.3) is 0 Å². The van der Waals surface area contributed by atoms with Crippen molar-refractivity contribution < 1.29 is 9.90 Å². The number of phenols is 1. The predicted octanol–water partition coefficient (Wildman–Crippen LogP) is 3.43. The maximum atomic E-state index is 12.1. The van der Waals surface area contributed by atoms with Crippen LogP contribution in [0, 0.1) is 0 Å². The molecular weight excluding hydrogens is 298 g/mol. The molecule has 1 saturated carbocycles. The molecule has 6 heteroatoms. The fourth-order valence-electron chi connectivity index (χ4n) is 2.72. The van der Waals surface area contributed by atoms with E-state index in [0.29, 0.717) is 11.8 Å². The van der Waals surface area contributed by atoms with E-state index in [1.54, 1.807) is 30.5 Å². The summed E-state index contributed by atoms with van der Waals surface area (Å²) >= 11 is 1.44. The van der Waals surface area contributed by atoms with Gasteiger partial charge in [0.05, 0.1) is 18.0 Å². The van der Waals surface area contributed by atoms with Crippen LogP contribution >= 0.6 is 11.8 Å². The molecule has 1 amide bonds. The van der Waals surface area contributed by atoms with Crippen molar-refractivity contribution in [1.82, 2.24) is 9.78 Å². The van der Waals surface area contributed by atoms with Crippen molar-refractivity contribution in [2.75, 3.05) is 11.1 Å². The number of anilines is 1. The van der Waals surface area contributed by atoms with E-state index in [9.17, 15) is 9.90 Å². The zero-order valence-corrected chi connectivity index (χ0v) is 13.1. The molecule has 1 heterocycles. The Labute approximate surface area is 133 Å². The third-order valence-corrected chi connectivity index (χ3v) is 4.83. The Morgan fingerprint density at radius 1 is 1.27 bits per heavy atom. The zero-order chi connectivity index (χ0) is 15.4. The number of thioether (sulfide) groups is 1. The van der Waals surface area contributed by atoms with Gasteiger partial charge in [-0.15, -0.1) is 11.8 Å². The van der Waals surface area contributed by atoms with E-state index >= 15 is 0 Å². The summed E-state index contributed by atoms with van der Waals surface area (Å²) in [5.74, 6) is 1.30. The molecular formula is C16H19N3O2S. The van der Waals surface area contributed by atoms with Crippen LogP contribution in [0.1, 0.15) is 31.7 Å². The third-order valence-electron chi connectivity index (χ3n) is 3.82. The second kappa shape index (κ2) is 6.87. The van der Waals surface area contributed by atoms with Gasteiger partial charge in [-0.25, -0.2) is 4.68 Å². The minimum absolute atomic E-state index is 0.0437. The number of phenolic OH excluding ortho intramolecular Hbond substituents is 1. The molecule has 5 nitrogen and oxygen atoms in total. The number of nitrogens with zero attached hydrogens (tertiary/aromatic N) is 2. The van der Waals surface area contributed by atoms with Crippen molar-refractivity contribution in [2.24, 2.45) is 0 Å². The number of rotatable bonds is 5. The Balaban J connectivity index is 1.55. The molecule has 22 heavy (non-hydrogen) atoms. The molecule has 0 radical (unpaired) electrons. The first kappa shape index (κ1) is 15.0. The van der Waals surface area contributed by atoms with Gasteiger partial charge in [-0.1, -0.05) is 12.8 Å². The van der Waals surface area contributed by atoms with Crippen molar-refractivity contribution in [2.45, 2.75) is 36.6 Å². The van der Waals surface area contributed by atoms with Crippen LogP contribution in [0.3, 0.4) is 0 Å². The van der Waals surface area contributed by atoms with Gasteiger partial charge in [0.15, 0.2) is 0 Å². The number of nitrogens with one attached hydrogen (secondary N) is 1. The van der Waals surface area contributed by atoms with Crippen LogP contribution in [0.2, 0.25) is 0 Å². The van der Waals surface area contributed by atoms with Crippen molar-refractivity contribution in [3.05, 3.63) is 36.5 Å². The van der Waals surface area contributed by atoms with Crippen LogP contribution in [0.4, 0.5) is 5.82 Å². The van der Waals surface area contributed by atoms with Gasteiger partial charge in [-0.2, -0.15) is 5.10 Å². The first-order valence-electron chi connectivity index (χ1n) is 7.47. The van der Waals surface area contributed by atoms with Gasteiger partial charge < -0.3 is 10.4 Å². The SMILES string of the molecule is O=C(CSc1ccc(O)cc1)Nc1ccnn1C1CCCC1. The molecule has 116 valence electrons. The van der Waals surface area contributed by atoms with E-state index in [0.717, 1.165) is 23.6 Å². The number of hydrogen-bond acceptors (Lipinski definition) is 4. The highest BCUT2D eigenvalue weighted by Crippen LogP contribution is 2.31. The summed E-state index contributed by atoms with van der Waals surface area (Å²) in [6.07, 6.45) is 6.46. The van der Waals surface area contributed by atoms with E-state index in [1.807, 2.05) is 10.7 Å². The van der Waals surface area contributed by atoms with Crippen molar-refractivity contribution >= 4 is 23.5 Å². The number of aromatic nitrogens is 2. The Morgan fingerprint density at radius 3 is 2.73 bits per heavy atom. The lowest BCUT2D eigenvalue weighted by Gasteiger charge is -2.14. The van der Waals surface area contributed by atoms with Gasteiger partial charge in [-0.3, -0.25) is 4.79 Å². The molecule has 1 fully saturated rings. The molecule has 1 aromatic heterocycles. The highest BCUT2D eigenvalue weighted by atomic mass is 32.2. The number of carbonyl (C=O) groups is 1. The molecule has 0 unspecified atom stereocenters. The topological polar surface area (TPSA) is 67.2 Å². The average Bonchev–Trinajstić information content (AvgIpc) is 3.17. The minimum atomic E-state index is -0.0437. The maximum Gasteiger partial charge on any atom is 0.235 e. The van der Waals surface area contributed by atoms with Gasteiger partial charge in [-0.05, 0) is 37.1 Å². The summed E-state index contributed by atoms with van der Waals surface area (Å²) in [6.45, 7) is 0. The monoisotopic (exact) mass is 317 g/mol. The second-order valence-electron chi connectivity index (χ2n) is 5.43. The summed E-state index contributed by atoms with van der Waals surface area (Å²) in [6, 6.07) is 9.10. The molecule has 0 saturated heterocycles. The quantitative estimate of drug-likeness (QED) is 0.829. The van der Waals surface area contributed by atoms with Gasteiger partial charge in [0.1, 0.15) is 11.6 Å². The van der Waals surface area contributed by atoms with E-state index in [1.165, 1.54) is 24.6 Å². The highest BCUT2D eigenvalue weighted by molar-refractivity contribution is 8.00. The summed E-state index contributed by atoms with van der Waals surface area (Å²) in [7, 11) is 0. The lowest BCUT2D eigenvalue weighted by Crippen LogP contribution is -2.19. The third kappa shape index (κ3) is 3.62. The molecule has 2 aromatic rings. The molecule has 1 aliphatic carbocycles. The number of aromatic hydroxyl groups is 1. The van der Waals surface area contributed by atoms with Gasteiger partial charge in [0, 0.05) is 11.0 Å². The summed E-state index contributed by atoms with van der Waals surface area (Å²) in [5.41, 5.74) is 0. The zero-order valence-electron chi connectivity index (χ0n) is 12.2. The van der Waals surface area contributed by atoms with Crippen molar-refractivity contribution in [3.8, 4) is 5.75 Å². The number of benzene rings is 1. The first-order chi connectivity index (χ1) is 10.7. The second-order valence-corrected chi connectivity index (χ2v) is 6.48. The van der Waals surface area contributed by atoms with E-state index in [2.05, 4.69) is 10.4 Å². The number of carbonyl (C=O) groups excluding carboxylic acids is 1. The fourth-order valence-corrected chi connectivity index (χ4v) is 3.42. The molecule has 0 atom stereocenters. The van der Waals surface area contributed by atoms with E-state index in [4.69, 9.17) is 0 Å². The molecule has 0 aliphatic heterocycles. The first-order valence-corrected chi connectivity index (χ1v) is 8.46. The average molecular weight is 317 g/mol. The largest absolute Gasteiger partial charge is 0.508 e. The Morgan fingerprint density at radius 2 is 2.00 bits per heavy atom. The highest BCUT2D eigenvalue weighted by Gasteiger charge is 2.20. The Hall–Kier alpha value is -1.95. The number of amides is 1. The van der Waals surface area contributed by atoms with Gasteiger partial charge in [0.2, 0.25) is 5.91 Å². The van der Waals surface area contributed by atoms with Crippen LogP contribution in [0.5, 0.6) is 5.75 Å². The van der Waals surface area contributed by atoms with Crippen LogP contribution < -0.4 is 5.32 Å². The molecule has 0 spiro atoms. The van der Waals surface area contributed by atoms with Crippen LogP contribution in [0.25, 0.3) is 0 Å². The fraction of sp³-hybridized carbons (Fsp3) is 0.375. The maximum absolute atomic E-state index is 12.1. The molecule has 1 aromatic carbocycles. The molecule has 3 rings (SSSR count). The summed E-state index contributed by atoms with van der Waals surface area (Å²) < 4.78 is 1.94. The van der Waals surface area contributed by atoms with Crippen LogP contribution in [-0.4, -0.2) is 26.5 Å². The normalized spacial score (nSPS) is 15.1. The lowest BCUT2D eigenvalue weighted by atomic mass is 10.2. The smallest absolute Gasteiger partial charge is 0.235 e. The molecule has 0 bridgehead atoms. The van der Waals surface area contributed by atoms with E-state index < -0.39 is 0 Å².